The van der Waals surface area contributed by atoms with Crippen LogP contribution in [0.2, 0.25) is 0 Å². The number of nitrogens with zero attached hydrogens (tertiary/aromatic N) is 4. The van der Waals surface area contributed by atoms with E-state index in [9.17, 15) is 8.42 Å². The van der Waals surface area contributed by atoms with E-state index in [1.165, 1.54) is 9.69 Å². The van der Waals surface area contributed by atoms with Gasteiger partial charge in [0.15, 0.2) is 17.3 Å². The van der Waals surface area contributed by atoms with Crippen LogP contribution < -0.4 is 14.4 Å². The van der Waals surface area contributed by atoms with Gasteiger partial charge in [0.25, 0.3) is 0 Å². The zero-order chi connectivity index (χ0) is 23.8. The zero-order valence-corrected chi connectivity index (χ0v) is 19.8. The van der Waals surface area contributed by atoms with E-state index in [-0.39, 0.29) is 4.90 Å². The summed E-state index contributed by atoms with van der Waals surface area (Å²) in [5.74, 6) is 1.79. The summed E-state index contributed by atoms with van der Waals surface area (Å²) in [7, 11) is -3.63. The predicted octanol–water partition coefficient (Wildman–Crippen LogP) is 3.58. The lowest BCUT2D eigenvalue weighted by Gasteiger charge is -2.34. The van der Waals surface area contributed by atoms with Crippen LogP contribution >= 0.6 is 0 Å². The molecule has 6 rings (SSSR count). The first-order valence-electron chi connectivity index (χ1n) is 11.6. The SMILES string of the molecule is O=S(=O)(c1ccc2c(c1)OCCO2)N1CCN(c2ccc(-c3ccc4ccccc4c3)nn2)CC1. The molecular weight excluding hydrogens is 464 g/mol. The topological polar surface area (TPSA) is 84.9 Å². The summed E-state index contributed by atoms with van der Waals surface area (Å²) >= 11 is 0. The van der Waals surface area contributed by atoms with Crippen molar-refractivity contribution in [3.05, 3.63) is 72.8 Å². The molecule has 0 saturated carbocycles. The fraction of sp³-hybridized carbons (Fsp3) is 0.231. The van der Waals surface area contributed by atoms with Crippen LogP contribution in [0.25, 0.3) is 22.0 Å². The molecule has 2 aliphatic heterocycles. The van der Waals surface area contributed by atoms with Crippen molar-refractivity contribution < 1.29 is 17.9 Å². The number of ether oxygens (including phenoxy) is 2. The van der Waals surface area contributed by atoms with Gasteiger partial charge in [0.2, 0.25) is 10.0 Å². The number of sulfonamides is 1. The van der Waals surface area contributed by atoms with Gasteiger partial charge >= 0.3 is 0 Å². The Labute approximate surface area is 203 Å². The van der Waals surface area contributed by atoms with E-state index in [1.807, 2.05) is 30.3 Å². The molecule has 0 radical (unpaired) electrons. The van der Waals surface area contributed by atoms with Crippen molar-refractivity contribution >= 4 is 26.6 Å². The van der Waals surface area contributed by atoms with Crippen LogP contribution in [0.15, 0.2) is 77.7 Å². The molecule has 1 aromatic heterocycles. The lowest BCUT2D eigenvalue weighted by atomic mass is 10.1. The van der Waals surface area contributed by atoms with Gasteiger partial charge in [-0.1, -0.05) is 36.4 Å². The van der Waals surface area contributed by atoms with Gasteiger partial charge in [-0.15, -0.1) is 10.2 Å². The van der Waals surface area contributed by atoms with Gasteiger partial charge in [-0.25, -0.2) is 8.42 Å². The Bertz CT molecular complexity index is 1480. The number of piperazine rings is 1. The average Bonchev–Trinajstić information content (AvgIpc) is 2.92. The summed E-state index contributed by atoms with van der Waals surface area (Å²) in [5, 5.41) is 11.2. The highest BCUT2D eigenvalue weighted by molar-refractivity contribution is 7.89. The van der Waals surface area contributed by atoms with Crippen LogP contribution in [0.4, 0.5) is 5.82 Å². The second kappa shape index (κ2) is 8.83. The standard InChI is InChI=1S/C26H24N4O4S/c31-35(32,22-7-9-24-25(18-22)34-16-15-33-24)30-13-11-29(12-14-30)26-10-8-23(27-28-26)21-6-5-19-3-1-2-4-20(19)17-21/h1-10,17-18H,11-16H2. The highest BCUT2D eigenvalue weighted by Gasteiger charge is 2.30. The molecule has 1 saturated heterocycles. The van der Waals surface area contributed by atoms with E-state index >= 15 is 0 Å². The lowest BCUT2D eigenvalue weighted by molar-refractivity contribution is 0.171. The third-order valence-electron chi connectivity index (χ3n) is 6.41. The maximum atomic E-state index is 13.2. The lowest BCUT2D eigenvalue weighted by Crippen LogP contribution is -2.49. The molecule has 0 N–H and O–H groups in total. The molecule has 0 bridgehead atoms. The van der Waals surface area contributed by atoms with Crippen LogP contribution in [-0.4, -0.2) is 62.3 Å². The normalized spacial score (nSPS) is 16.4. The summed E-state index contributed by atoms with van der Waals surface area (Å²) < 4.78 is 38.9. The number of anilines is 1. The first kappa shape index (κ1) is 21.8. The van der Waals surface area contributed by atoms with Gasteiger partial charge in [-0.3, -0.25) is 0 Å². The number of benzene rings is 3. The summed E-state index contributed by atoms with van der Waals surface area (Å²) in [4.78, 5) is 2.28. The van der Waals surface area contributed by atoms with Crippen molar-refractivity contribution in [1.82, 2.24) is 14.5 Å². The number of hydrogen-bond acceptors (Lipinski definition) is 7. The minimum Gasteiger partial charge on any atom is -0.486 e. The van der Waals surface area contributed by atoms with Crippen molar-refractivity contribution in [3.63, 3.8) is 0 Å². The number of aromatic nitrogens is 2. The molecular formula is C26H24N4O4S. The maximum Gasteiger partial charge on any atom is 0.243 e. The highest BCUT2D eigenvalue weighted by Crippen LogP contribution is 2.33. The van der Waals surface area contributed by atoms with Crippen LogP contribution in [-0.2, 0) is 10.0 Å². The van der Waals surface area contributed by atoms with Gasteiger partial charge < -0.3 is 14.4 Å². The predicted molar refractivity (Wildman–Crippen MR) is 133 cm³/mol. The van der Waals surface area contributed by atoms with E-state index < -0.39 is 10.0 Å². The second-order valence-corrected chi connectivity index (χ2v) is 10.5. The van der Waals surface area contributed by atoms with Crippen LogP contribution in [0.3, 0.4) is 0 Å². The minimum atomic E-state index is -3.63. The molecule has 178 valence electrons. The summed E-state index contributed by atoms with van der Waals surface area (Å²) in [6.45, 7) is 2.68. The van der Waals surface area contributed by atoms with Crippen molar-refractivity contribution in [3.8, 4) is 22.8 Å². The molecule has 0 aliphatic carbocycles. The molecule has 3 aromatic carbocycles. The smallest absolute Gasteiger partial charge is 0.243 e. The highest BCUT2D eigenvalue weighted by atomic mass is 32.2. The van der Waals surface area contributed by atoms with Crippen molar-refractivity contribution in [1.29, 1.82) is 0 Å². The Morgan fingerprint density at radius 1 is 0.714 bits per heavy atom. The Hall–Kier alpha value is -3.69. The van der Waals surface area contributed by atoms with Gasteiger partial charge in [-0.2, -0.15) is 4.31 Å². The molecule has 0 atom stereocenters. The molecule has 9 heteroatoms. The van der Waals surface area contributed by atoms with E-state index in [0.29, 0.717) is 50.9 Å². The second-order valence-electron chi connectivity index (χ2n) is 8.54. The van der Waals surface area contributed by atoms with Crippen LogP contribution in [0.5, 0.6) is 11.5 Å². The number of rotatable bonds is 4. The fourth-order valence-corrected chi connectivity index (χ4v) is 5.93. The van der Waals surface area contributed by atoms with Gasteiger partial charge in [0, 0.05) is 37.8 Å². The van der Waals surface area contributed by atoms with E-state index in [0.717, 1.165) is 22.5 Å². The molecule has 35 heavy (non-hydrogen) atoms. The van der Waals surface area contributed by atoms with E-state index in [4.69, 9.17) is 9.47 Å². The first-order valence-corrected chi connectivity index (χ1v) is 13.0. The van der Waals surface area contributed by atoms with E-state index in [2.05, 4.69) is 39.4 Å². The average molecular weight is 489 g/mol. The Morgan fingerprint density at radius 3 is 2.26 bits per heavy atom. The third kappa shape index (κ3) is 4.17. The van der Waals surface area contributed by atoms with Gasteiger partial charge in [0.05, 0.1) is 10.6 Å². The Morgan fingerprint density at radius 2 is 1.49 bits per heavy atom. The maximum absolute atomic E-state index is 13.2. The summed E-state index contributed by atoms with van der Waals surface area (Å²) in [5.41, 5.74) is 1.82. The number of fused-ring (bicyclic) bond motifs is 2. The third-order valence-corrected chi connectivity index (χ3v) is 8.30. The van der Waals surface area contributed by atoms with Crippen molar-refractivity contribution in [2.24, 2.45) is 0 Å². The Balaban J connectivity index is 1.14. The molecule has 4 aromatic rings. The molecule has 2 aliphatic rings. The zero-order valence-electron chi connectivity index (χ0n) is 19.0. The summed E-state index contributed by atoms with van der Waals surface area (Å²) in [6.07, 6.45) is 0. The van der Waals surface area contributed by atoms with Crippen molar-refractivity contribution in [2.75, 3.05) is 44.3 Å². The van der Waals surface area contributed by atoms with Crippen LogP contribution in [0.1, 0.15) is 0 Å². The monoisotopic (exact) mass is 488 g/mol. The molecule has 0 unspecified atom stereocenters. The molecule has 0 amide bonds. The molecule has 0 spiro atoms. The Kier molecular flexibility index (Phi) is 5.50. The first-order chi connectivity index (χ1) is 17.1. The molecule has 8 nitrogen and oxygen atoms in total. The summed E-state index contributed by atoms with van der Waals surface area (Å²) in [6, 6.07) is 23.2. The van der Waals surface area contributed by atoms with Gasteiger partial charge in [0.1, 0.15) is 13.2 Å². The molecule has 1 fully saturated rings. The number of hydrogen-bond donors (Lipinski definition) is 0. The van der Waals surface area contributed by atoms with E-state index in [1.54, 1.807) is 18.2 Å². The van der Waals surface area contributed by atoms with Crippen molar-refractivity contribution in [2.45, 2.75) is 4.90 Å². The van der Waals surface area contributed by atoms with Crippen LogP contribution in [0, 0.1) is 0 Å². The van der Waals surface area contributed by atoms with Gasteiger partial charge in [-0.05, 0) is 41.1 Å². The minimum absolute atomic E-state index is 0.217. The molecule has 3 heterocycles. The largest absolute Gasteiger partial charge is 0.486 e. The quantitative estimate of drug-likeness (QED) is 0.434. The fourth-order valence-electron chi connectivity index (χ4n) is 4.49.